The molecule has 0 bridgehead atoms. The minimum Gasteiger partial charge on any atom is -0.376 e. The average Bonchev–Trinajstić information content (AvgIpc) is 3.29. The van der Waals surface area contributed by atoms with Crippen molar-refractivity contribution in [3.63, 3.8) is 0 Å². The second-order valence-electron chi connectivity index (χ2n) is 5.83. The van der Waals surface area contributed by atoms with Crippen molar-refractivity contribution in [3.05, 3.63) is 30.1 Å². The topological polar surface area (TPSA) is 69.0 Å². The highest BCUT2D eigenvalue weighted by Crippen LogP contribution is 2.26. The predicted octanol–water partition coefficient (Wildman–Crippen LogP) is 2.10. The molecule has 26 heavy (non-hydrogen) atoms. The molecule has 0 spiro atoms. The van der Waals surface area contributed by atoms with Gasteiger partial charge in [-0.2, -0.15) is 0 Å². The SMILES string of the molecule is C#CCNC(=O)CSc1nnc(-c2ccc(F)cc2)n1CC1CCCO1. The standard InChI is InChI=1S/C18H19FN4O2S/c1-2-9-20-16(24)12-26-18-22-21-17(13-5-7-14(19)8-6-13)23(18)11-15-4-3-10-25-15/h1,5-8,15H,3-4,9-12H2,(H,20,24). The normalized spacial score (nSPS) is 16.4. The number of benzene rings is 1. The Morgan fingerprint density at radius 1 is 1.42 bits per heavy atom. The van der Waals surface area contributed by atoms with Gasteiger partial charge < -0.3 is 10.1 Å². The van der Waals surface area contributed by atoms with E-state index in [1.165, 1.54) is 23.9 Å². The minimum absolute atomic E-state index is 0.0832. The van der Waals surface area contributed by atoms with E-state index in [1.807, 2.05) is 4.57 Å². The van der Waals surface area contributed by atoms with Gasteiger partial charge in [-0.1, -0.05) is 17.7 Å². The Morgan fingerprint density at radius 2 is 2.23 bits per heavy atom. The summed E-state index contributed by atoms with van der Waals surface area (Å²) in [6.07, 6.45) is 7.21. The first-order valence-electron chi connectivity index (χ1n) is 8.31. The lowest BCUT2D eigenvalue weighted by molar-refractivity contribution is -0.118. The zero-order chi connectivity index (χ0) is 18.4. The first-order valence-corrected chi connectivity index (χ1v) is 9.29. The van der Waals surface area contributed by atoms with Crippen LogP contribution in [-0.4, -0.2) is 45.7 Å². The number of nitrogens with one attached hydrogen (secondary N) is 1. The number of nitrogens with zero attached hydrogens (tertiary/aromatic N) is 3. The van der Waals surface area contributed by atoms with Gasteiger partial charge in [-0.05, 0) is 37.1 Å². The summed E-state index contributed by atoms with van der Waals surface area (Å²) >= 11 is 1.29. The number of aromatic nitrogens is 3. The molecule has 0 aliphatic carbocycles. The number of amides is 1. The number of halogens is 1. The van der Waals surface area contributed by atoms with E-state index in [4.69, 9.17) is 11.2 Å². The highest BCUT2D eigenvalue weighted by molar-refractivity contribution is 7.99. The molecule has 1 N–H and O–H groups in total. The summed E-state index contributed by atoms with van der Waals surface area (Å²) in [5.74, 6) is 2.72. The van der Waals surface area contributed by atoms with Crippen molar-refractivity contribution < 1.29 is 13.9 Å². The van der Waals surface area contributed by atoms with Crippen LogP contribution in [0.2, 0.25) is 0 Å². The van der Waals surface area contributed by atoms with E-state index < -0.39 is 0 Å². The Bertz CT molecular complexity index is 795. The largest absolute Gasteiger partial charge is 0.376 e. The van der Waals surface area contributed by atoms with Crippen LogP contribution in [0.4, 0.5) is 4.39 Å². The predicted molar refractivity (Wildman–Crippen MR) is 97.0 cm³/mol. The fraction of sp³-hybridized carbons (Fsp3) is 0.389. The van der Waals surface area contributed by atoms with E-state index in [1.54, 1.807) is 12.1 Å². The number of carbonyl (C=O) groups excluding carboxylic acids is 1. The van der Waals surface area contributed by atoms with Gasteiger partial charge in [0.2, 0.25) is 5.91 Å². The van der Waals surface area contributed by atoms with Crippen molar-refractivity contribution in [3.8, 4) is 23.7 Å². The van der Waals surface area contributed by atoms with Gasteiger partial charge in [0.05, 0.1) is 24.9 Å². The molecule has 1 saturated heterocycles. The highest BCUT2D eigenvalue weighted by atomic mass is 32.2. The Morgan fingerprint density at radius 3 is 2.92 bits per heavy atom. The zero-order valence-corrected chi connectivity index (χ0v) is 15.0. The third-order valence-corrected chi connectivity index (χ3v) is 4.92. The zero-order valence-electron chi connectivity index (χ0n) is 14.2. The summed E-state index contributed by atoms with van der Waals surface area (Å²) in [5, 5.41) is 11.7. The molecule has 1 atom stereocenters. The smallest absolute Gasteiger partial charge is 0.231 e. The van der Waals surface area contributed by atoms with E-state index in [-0.39, 0.29) is 30.1 Å². The van der Waals surface area contributed by atoms with Gasteiger partial charge in [0.1, 0.15) is 5.82 Å². The minimum atomic E-state index is -0.307. The Kier molecular flexibility index (Phi) is 6.26. The molecule has 1 fully saturated rings. The maximum atomic E-state index is 13.2. The quantitative estimate of drug-likeness (QED) is 0.594. The molecule has 136 valence electrons. The number of ether oxygens (including phenoxy) is 1. The summed E-state index contributed by atoms with van der Waals surface area (Å²) in [6.45, 7) is 1.53. The summed E-state index contributed by atoms with van der Waals surface area (Å²) in [5.41, 5.74) is 0.764. The number of hydrogen-bond donors (Lipinski definition) is 1. The van der Waals surface area contributed by atoms with Crippen LogP contribution in [0, 0.1) is 18.2 Å². The second-order valence-corrected chi connectivity index (χ2v) is 6.77. The number of rotatable bonds is 7. The van der Waals surface area contributed by atoms with Crippen molar-refractivity contribution in [2.45, 2.75) is 30.6 Å². The number of thioether (sulfide) groups is 1. The first-order chi connectivity index (χ1) is 12.7. The van der Waals surface area contributed by atoms with Gasteiger partial charge in [-0.3, -0.25) is 9.36 Å². The van der Waals surface area contributed by atoms with E-state index in [0.29, 0.717) is 17.5 Å². The monoisotopic (exact) mass is 374 g/mol. The van der Waals surface area contributed by atoms with Gasteiger partial charge in [0.15, 0.2) is 11.0 Å². The van der Waals surface area contributed by atoms with Crippen LogP contribution in [-0.2, 0) is 16.1 Å². The third-order valence-electron chi connectivity index (χ3n) is 3.95. The molecule has 0 radical (unpaired) electrons. The van der Waals surface area contributed by atoms with Crippen LogP contribution in [0.15, 0.2) is 29.4 Å². The lowest BCUT2D eigenvalue weighted by atomic mass is 10.2. The molecular weight excluding hydrogens is 355 g/mol. The molecule has 0 saturated carbocycles. The van der Waals surface area contributed by atoms with E-state index in [2.05, 4.69) is 21.4 Å². The van der Waals surface area contributed by atoms with Gasteiger partial charge in [-0.15, -0.1) is 16.6 Å². The Balaban J connectivity index is 1.80. The lowest BCUT2D eigenvalue weighted by Crippen LogP contribution is -2.25. The van der Waals surface area contributed by atoms with Gasteiger partial charge >= 0.3 is 0 Å². The van der Waals surface area contributed by atoms with Crippen molar-refractivity contribution in [2.75, 3.05) is 18.9 Å². The maximum absolute atomic E-state index is 13.2. The van der Waals surface area contributed by atoms with Crippen LogP contribution in [0.5, 0.6) is 0 Å². The van der Waals surface area contributed by atoms with Gasteiger partial charge in [0.25, 0.3) is 0 Å². The van der Waals surface area contributed by atoms with Crippen molar-refractivity contribution >= 4 is 17.7 Å². The molecule has 6 nitrogen and oxygen atoms in total. The lowest BCUT2D eigenvalue weighted by Gasteiger charge is -2.14. The van der Waals surface area contributed by atoms with Gasteiger partial charge in [0, 0.05) is 12.2 Å². The molecule has 1 aliphatic heterocycles. The fourth-order valence-corrected chi connectivity index (χ4v) is 3.47. The highest BCUT2D eigenvalue weighted by Gasteiger charge is 2.22. The van der Waals surface area contributed by atoms with Crippen LogP contribution >= 0.6 is 11.8 Å². The molecule has 3 rings (SSSR count). The number of hydrogen-bond acceptors (Lipinski definition) is 5. The molecule has 1 aromatic heterocycles. The molecular formula is C18H19FN4O2S. The molecule has 1 amide bonds. The van der Waals surface area contributed by atoms with Crippen LogP contribution < -0.4 is 5.32 Å². The van der Waals surface area contributed by atoms with Gasteiger partial charge in [-0.25, -0.2) is 4.39 Å². The second kappa shape index (κ2) is 8.83. The van der Waals surface area contributed by atoms with E-state index in [0.717, 1.165) is 25.0 Å². The maximum Gasteiger partial charge on any atom is 0.231 e. The first kappa shape index (κ1) is 18.4. The average molecular weight is 374 g/mol. The summed E-state index contributed by atoms with van der Waals surface area (Å²) in [6, 6.07) is 6.11. The van der Waals surface area contributed by atoms with Crippen molar-refractivity contribution in [2.24, 2.45) is 0 Å². The number of carbonyl (C=O) groups is 1. The van der Waals surface area contributed by atoms with Crippen molar-refractivity contribution in [1.29, 1.82) is 0 Å². The molecule has 8 heteroatoms. The van der Waals surface area contributed by atoms with E-state index >= 15 is 0 Å². The summed E-state index contributed by atoms with van der Waals surface area (Å²) < 4.78 is 20.9. The molecule has 2 aromatic rings. The van der Waals surface area contributed by atoms with Crippen LogP contribution in [0.3, 0.4) is 0 Å². The Hall–Kier alpha value is -2.37. The molecule has 1 aliphatic rings. The number of terminal acetylenes is 1. The fourth-order valence-electron chi connectivity index (χ4n) is 2.70. The van der Waals surface area contributed by atoms with Crippen LogP contribution in [0.1, 0.15) is 12.8 Å². The summed E-state index contributed by atoms with van der Waals surface area (Å²) in [7, 11) is 0. The molecule has 2 heterocycles. The summed E-state index contributed by atoms with van der Waals surface area (Å²) in [4.78, 5) is 11.8. The van der Waals surface area contributed by atoms with E-state index in [9.17, 15) is 9.18 Å². The Labute approximate surface area is 155 Å². The van der Waals surface area contributed by atoms with Crippen molar-refractivity contribution in [1.82, 2.24) is 20.1 Å². The molecule has 1 aromatic carbocycles. The molecule has 1 unspecified atom stereocenters. The third kappa shape index (κ3) is 4.62. The van der Waals surface area contributed by atoms with Crippen LogP contribution in [0.25, 0.3) is 11.4 Å².